The number of hydrogen-bond acceptors (Lipinski definition) is 5. The van der Waals surface area contributed by atoms with Crippen LogP contribution < -0.4 is 15.8 Å². The van der Waals surface area contributed by atoms with Gasteiger partial charge in [0.1, 0.15) is 5.75 Å². The molecular weight excluding hydrogens is 274 g/mol. The largest absolute Gasteiger partial charge is 0.496 e. The summed E-state index contributed by atoms with van der Waals surface area (Å²) < 4.78 is 5.29. The molecular formula is C14H17N3O2S. The smallest absolute Gasteiger partial charge is 0.226 e. The van der Waals surface area contributed by atoms with E-state index in [0.29, 0.717) is 10.8 Å². The third kappa shape index (κ3) is 3.48. The van der Waals surface area contributed by atoms with E-state index in [9.17, 15) is 4.79 Å². The number of rotatable bonds is 5. The van der Waals surface area contributed by atoms with Crippen LogP contribution in [0.15, 0.2) is 29.6 Å². The van der Waals surface area contributed by atoms with Gasteiger partial charge in [-0.2, -0.15) is 0 Å². The number of ether oxygens (including phenoxy) is 1. The van der Waals surface area contributed by atoms with Crippen LogP contribution >= 0.6 is 11.3 Å². The van der Waals surface area contributed by atoms with E-state index in [4.69, 9.17) is 10.5 Å². The van der Waals surface area contributed by atoms with Crippen molar-refractivity contribution in [1.29, 1.82) is 0 Å². The molecule has 0 saturated carbocycles. The zero-order chi connectivity index (χ0) is 14.5. The number of amides is 1. The van der Waals surface area contributed by atoms with Crippen LogP contribution in [0.1, 0.15) is 24.2 Å². The predicted molar refractivity (Wildman–Crippen MR) is 79.8 cm³/mol. The molecule has 0 aliphatic carbocycles. The lowest BCUT2D eigenvalue weighted by Crippen LogP contribution is -2.28. The fourth-order valence-electron chi connectivity index (χ4n) is 1.96. The maximum Gasteiger partial charge on any atom is 0.226 e. The number of carbonyl (C=O) groups excluding carboxylic acids is 1. The Morgan fingerprint density at radius 3 is 2.90 bits per heavy atom. The van der Waals surface area contributed by atoms with E-state index in [-0.39, 0.29) is 18.4 Å². The van der Waals surface area contributed by atoms with Gasteiger partial charge >= 0.3 is 0 Å². The summed E-state index contributed by atoms with van der Waals surface area (Å²) in [5.41, 5.74) is 7.18. The number of nitrogens with two attached hydrogens (primary N) is 1. The van der Waals surface area contributed by atoms with Crippen LogP contribution in [-0.4, -0.2) is 18.0 Å². The normalized spacial score (nSPS) is 11.9. The first-order valence-corrected chi connectivity index (χ1v) is 7.10. The van der Waals surface area contributed by atoms with Gasteiger partial charge < -0.3 is 15.8 Å². The first-order chi connectivity index (χ1) is 9.60. The van der Waals surface area contributed by atoms with Crippen molar-refractivity contribution in [3.63, 3.8) is 0 Å². The Balaban J connectivity index is 2.00. The maximum atomic E-state index is 12.0. The van der Waals surface area contributed by atoms with E-state index < -0.39 is 0 Å². The molecule has 1 amide bonds. The van der Waals surface area contributed by atoms with Crippen LogP contribution in [0.2, 0.25) is 0 Å². The summed E-state index contributed by atoms with van der Waals surface area (Å²) in [5.74, 6) is 0.673. The molecule has 5 nitrogen and oxygen atoms in total. The zero-order valence-electron chi connectivity index (χ0n) is 11.4. The van der Waals surface area contributed by atoms with Gasteiger partial charge in [0.05, 0.1) is 25.3 Å². The van der Waals surface area contributed by atoms with Gasteiger partial charge in [0.25, 0.3) is 0 Å². The van der Waals surface area contributed by atoms with Gasteiger partial charge in [-0.25, -0.2) is 4.98 Å². The number of carbonyl (C=O) groups is 1. The van der Waals surface area contributed by atoms with Gasteiger partial charge in [-0.05, 0) is 13.0 Å². The third-order valence-electron chi connectivity index (χ3n) is 2.89. The molecule has 0 aliphatic rings. The lowest BCUT2D eigenvalue weighted by atomic mass is 10.1. The Kier molecular flexibility index (Phi) is 4.57. The lowest BCUT2D eigenvalue weighted by Gasteiger charge is -2.16. The summed E-state index contributed by atoms with van der Waals surface area (Å²) in [6.07, 6.45) is 0.229. The van der Waals surface area contributed by atoms with Crippen LogP contribution in [0.25, 0.3) is 0 Å². The van der Waals surface area contributed by atoms with E-state index in [1.807, 2.05) is 31.2 Å². The van der Waals surface area contributed by atoms with Crippen molar-refractivity contribution >= 4 is 22.4 Å². The third-order valence-corrected chi connectivity index (χ3v) is 3.62. The number of benzene rings is 1. The van der Waals surface area contributed by atoms with Gasteiger partial charge in [0, 0.05) is 10.9 Å². The summed E-state index contributed by atoms with van der Waals surface area (Å²) >= 11 is 1.33. The average molecular weight is 291 g/mol. The van der Waals surface area contributed by atoms with E-state index in [1.54, 1.807) is 12.5 Å². The number of aromatic nitrogens is 1. The van der Waals surface area contributed by atoms with Gasteiger partial charge in [-0.15, -0.1) is 11.3 Å². The maximum absolute atomic E-state index is 12.0. The fraction of sp³-hybridized carbons (Fsp3) is 0.286. The van der Waals surface area contributed by atoms with Gasteiger partial charge in [0.2, 0.25) is 5.91 Å². The Bertz CT molecular complexity index is 598. The predicted octanol–water partition coefficient (Wildman–Crippen LogP) is 2.15. The van der Waals surface area contributed by atoms with E-state index in [0.717, 1.165) is 11.3 Å². The molecule has 3 N–H and O–H groups in total. The van der Waals surface area contributed by atoms with Crippen LogP contribution in [0, 0.1) is 0 Å². The molecule has 0 saturated heterocycles. The monoisotopic (exact) mass is 291 g/mol. The van der Waals surface area contributed by atoms with Gasteiger partial charge in [-0.3, -0.25) is 4.79 Å². The molecule has 1 unspecified atom stereocenters. The van der Waals surface area contributed by atoms with Crippen LogP contribution in [0.4, 0.5) is 5.13 Å². The highest BCUT2D eigenvalue weighted by Gasteiger charge is 2.14. The molecule has 1 heterocycles. The number of nitrogens with one attached hydrogen (secondary N) is 1. The lowest BCUT2D eigenvalue weighted by molar-refractivity contribution is -0.121. The number of hydrogen-bond donors (Lipinski definition) is 2. The topological polar surface area (TPSA) is 77.2 Å². The molecule has 20 heavy (non-hydrogen) atoms. The van der Waals surface area contributed by atoms with E-state index >= 15 is 0 Å². The first-order valence-electron chi connectivity index (χ1n) is 6.22. The second-order valence-corrected chi connectivity index (χ2v) is 5.27. The van der Waals surface area contributed by atoms with E-state index in [2.05, 4.69) is 10.3 Å². The highest BCUT2D eigenvalue weighted by atomic mass is 32.1. The van der Waals surface area contributed by atoms with Crippen LogP contribution in [0.5, 0.6) is 5.75 Å². The van der Waals surface area contributed by atoms with Crippen molar-refractivity contribution in [2.75, 3.05) is 12.8 Å². The summed E-state index contributed by atoms with van der Waals surface area (Å²) in [7, 11) is 1.62. The molecule has 1 atom stereocenters. The SMILES string of the molecule is COc1ccccc1C(C)NC(=O)Cc1csc(N)n1. The number of nitrogens with zero attached hydrogens (tertiary/aromatic N) is 1. The number of thiazole rings is 1. The molecule has 1 aromatic heterocycles. The molecule has 1 aromatic carbocycles. The minimum absolute atomic E-state index is 0.0892. The van der Waals surface area contributed by atoms with Crippen molar-refractivity contribution < 1.29 is 9.53 Å². The highest BCUT2D eigenvalue weighted by Crippen LogP contribution is 2.24. The van der Waals surface area contributed by atoms with Crippen molar-refractivity contribution in [3.8, 4) is 5.75 Å². The standard InChI is InChI=1S/C14H17N3O2S/c1-9(11-5-3-4-6-12(11)19-2)16-13(18)7-10-8-20-14(15)17-10/h3-6,8-9H,7H2,1-2H3,(H2,15,17)(H,16,18). The zero-order valence-corrected chi connectivity index (χ0v) is 12.2. The van der Waals surface area contributed by atoms with E-state index in [1.165, 1.54) is 11.3 Å². The highest BCUT2D eigenvalue weighted by molar-refractivity contribution is 7.13. The van der Waals surface area contributed by atoms with Crippen LogP contribution in [-0.2, 0) is 11.2 Å². The molecule has 0 radical (unpaired) electrons. The second-order valence-electron chi connectivity index (χ2n) is 4.39. The fourth-order valence-corrected chi connectivity index (χ4v) is 2.53. The molecule has 6 heteroatoms. The average Bonchev–Trinajstić information content (AvgIpc) is 2.83. The Hall–Kier alpha value is -2.08. The first kappa shape index (κ1) is 14.3. The minimum atomic E-state index is -0.130. The molecule has 0 fully saturated rings. The van der Waals surface area contributed by atoms with Gasteiger partial charge in [-0.1, -0.05) is 18.2 Å². The molecule has 106 valence electrons. The van der Waals surface area contributed by atoms with Crippen molar-refractivity contribution in [2.24, 2.45) is 0 Å². The Labute approximate surface area is 121 Å². The van der Waals surface area contributed by atoms with Crippen LogP contribution in [0.3, 0.4) is 0 Å². The quantitative estimate of drug-likeness (QED) is 0.885. The minimum Gasteiger partial charge on any atom is -0.496 e. The summed E-state index contributed by atoms with van der Waals surface area (Å²) in [6, 6.07) is 7.50. The van der Waals surface area contributed by atoms with Crippen molar-refractivity contribution in [3.05, 3.63) is 40.9 Å². The van der Waals surface area contributed by atoms with Crippen molar-refractivity contribution in [1.82, 2.24) is 10.3 Å². The number of nitrogen functional groups attached to an aromatic ring is 1. The molecule has 0 spiro atoms. The second kappa shape index (κ2) is 6.38. The summed E-state index contributed by atoms with van der Waals surface area (Å²) in [6.45, 7) is 1.92. The summed E-state index contributed by atoms with van der Waals surface area (Å²) in [4.78, 5) is 16.1. The summed E-state index contributed by atoms with van der Waals surface area (Å²) in [5, 5.41) is 5.21. The molecule has 2 aromatic rings. The number of methoxy groups -OCH3 is 1. The Morgan fingerprint density at radius 2 is 2.25 bits per heavy atom. The van der Waals surface area contributed by atoms with Crippen molar-refractivity contribution in [2.45, 2.75) is 19.4 Å². The number of anilines is 1. The molecule has 2 rings (SSSR count). The Morgan fingerprint density at radius 1 is 1.50 bits per heavy atom. The van der Waals surface area contributed by atoms with Gasteiger partial charge in [0.15, 0.2) is 5.13 Å². The molecule has 0 bridgehead atoms. The molecule has 0 aliphatic heterocycles. The number of para-hydroxylation sites is 1.